The summed E-state index contributed by atoms with van der Waals surface area (Å²) < 4.78 is 2.63. The van der Waals surface area contributed by atoms with Crippen LogP contribution in [0, 0.1) is 6.92 Å². The molecule has 23 heavy (non-hydrogen) atoms. The molecule has 1 aromatic heterocycles. The monoisotopic (exact) mass is 390 g/mol. The van der Waals surface area contributed by atoms with E-state index in [9.17, 15) is 4.79 Å². The lowest BCUT2D eigenvalue weighted by atomic mass is 10.2. The fraction of sp³-hybridized carbons (Fsp3) is 0.188. The SMILES string of the molecule is CCn1cc(Br)c(/C=C2/NC(=S)N(c3ccccc3C)C2=O)n1. The molecule has 0 spiro atoms. The summed E-state index contributed by atoms with van der Waals surface area (Å²) in [7, 11) is 0. The Morgan fingerprint density at radius 2 is 2.13 bits per heavy atom. The summed E-state index contributed by atoms with van der Waals surface area (Å²) in [5.74, 6) is -0.178. The lowest BCUT2D eigenvalue weighted by Crippen LogP contribution is -2.30. The molecular formula is C16H15BrN4OS. The molecule has 1 aromatic carbocycles. The highest BCUT2D eigenvalue weighted by molar-refractivity contribution is 9.10. The van der Waals surface area contributed by atoms with Gasteiger partial charge in [0.1, 0.15) is 11.4 Å². The average Bonchev–Trinajstić information content (AvgIpc) is 3.01. The highest BCUT2D eigenvalue weighted by Gasteiger charge is 2.33. The van der Waals surface area contributed by atoms with Crippen LogP contribution in [0.25, 0.3) is 6.08 Å². The second-order valence-electron chi connectivity index (χ2n) is 5.13. The maximum atomic E-state index is 12.7. The van der Waals surface area contributed by atoms with Gasteiger partial charge >= 0.3 is 0 Å². The number of para-hydroxylation sites is 1. The maximum Gasteiger partial charge on any atom is 0.281 e. The van der Waals surface area contributed by atoms with E-state index in [4.69, 9.17) is 12.2 Å². The van der Waals surface area contributed by atoms with Crippen molar-refractivity contribution in [2.45, 2.75) is 20.4 Å². The summed E-state index contributed by atoms with van der Waals surface area (Å²) in [5, 5.41) is 7.76. The molecule has 2 aromatic rings. The summed E-state index contributed by atoms with van der Waals surface area (Å²) in [6.45, 7) is 4.72. The van der Waals surface area contributed by atoms with Crippen LogP contribution in [0.3, 0.4) is 0 Å². The predicted molar refractivity (Wildman–Crippen MR) is 98.0 cm³/mol. The molecule has 2 heterocycles. The molecule has 0 atom stereocenters. The van der Waals surface area contributed by atoms with Gasteiger partial charge in [-0.25, -0.2) is 0 Å². The van der Waals surface area contributed by atoms with E-state index in [1.54, 1.807) is 10.8 Å². The molecule has 0 unspecified atom stereocenters. The minimum absolute atomic E-state index is 0.178. The quantitative estimate of drug-likeness (QED) is 0.645. The molecule has 1 aliphatic heterocycles. The topological polar surface area (TPSA) is 50.2 Å². The van der Waals surface area contributed by atoms with Crippen molar-refractivity contribution in [2.24, 2.45) is 0 Å². The van der Waals surface area contributed by atoms with Crippen molar-refractivity contribution in [2.75, 3.05) is 4.90 Å². The van der Waals surface area contributed by atoms with Crippen molar-refractivity contribution >= 4 is 50.9 Å². The lowest BCUT2D eigenvalue weighted by molar-refractivity contribution is -0.113. The van der Waals surface area contributed by atoms with Gasteiger partial charge in [0.2, 0.25) is 0 Å². The highest BCUT2D eigenvalue weighted by Crippen LogP contribution is 2.26. The van der Waals surface area contributed by atoms with E-state index in [0.717, 1.165) is 22.3 Å². The van der Waals surface area contributed by atoms with Crippen molar-refractivity contribution in [3.05, 3.63) is 51.9 Å². The lowest BCUT2D eigenvalue weighted by Gasteiger charge is -2.16. The van der Waals surface area contributed by atoms with Crippen LogP contribution >= 0.6 is 28.1 Å². The average molecular weight is 391 g/mol. The van der Waals surface area contributed by atoms with Crippen LogP contribution in [0.15, 0.2) is 40.6 Å². The van der Waals surface area contributed by atoms with E-state index in [-0.39, 0.29) is 5.91 Å². The molecule has 1 aliphatic rings. The van der Waals surface area contributed by atoms with Gasteiger partial charge in [0.15, 0.2) is 5.11 Å². The van der Waals surface area contributed by atoms with Crippen LogP contribution < -0.4 is 10.2 Å². The fourth-order valence-corrected chi connectivity index (χ4v) is 3.10. The number of carbonyl (C=O) groups excluding carboxylic acids is 1. The summed E-state index contributed by atoms with van der Waals surface area (Å²) in [6.07, 6.45) is 3.59. The van der Waals surface area contributed by atoms with E-state index in [1.165, 1.54) is 4.90 Å². The standard InChI is InChI=1S/C16H15BrN4OS/c1-3-20-9-11(17)12(19-20)8-13-15(22)21(16(23)18-13)14-7-5-4-6-10(14)2/h4-9H,3H2,1-2H3,(H,18,23)/b13-8+. The van der Waals surface area contributed by atoms with Crippen molar-refractivity contribution in [3.8, 4) is 0 Å². The Morgan fingerprint density at radius 3 is 2.78 bits per heavy atom. The van der Waals surface area contributed by atoms with Crippen LogP contribution in [0.4, 0.5) is 5.69 Å². The van der Waals surface area contributed by atoms with E-state index in [2.05, 4.69) is 26.3 Å². The Kier molecular flexibility index (Phi) is 4.32. The zero-order valence-corrected chi connectivity index (χ0v) is 15.1. The van der Waals surface area contributed by atoms with Crippen molar-refractivity contribution in [3.63, 3.8) is 0 Å². The number of hydrogen-bond donors (Lipinski definition) is 1. The third kappa shape index (κ3) is 2.94. The van der Waals surface area contributed by atoms with Crippen molar-refractivity contribution in [1.82, 2.24) is 15.1 Å². The van der Waals surface area contributed by atoms with E-state index < -0.39 is 0 Å². The molecule has 0 saturated carbocycles. The van der Waals surface area contributed by atoms with Gasteiger partial charge in [-0.05, 0) is 59.7 Å². The number of thiocarbonyl (C=S) groups is 1. The number of aryl methyl sites for hydroxylation is 2. The second-order valence-corrected chi connectivity index (χ2v) is 6.37. The van der Waals surface area contributed by atoms with Gasteiger partial charge in [-0.15, -0.1) is 0 Å². The van der Waals surface area contributed by atoms with Gasteiger partial charge in [0.25, 0.3) is 5.91 Å². The largest absolute Gasteiger partial charge is 0.327 e. The summed E-state index contributed by atoms with van der Waals surface area (Å²) in [5.41, 5.74) is 2.89. The number of halogens is 1. The van der Waals surface area contributed by atoms with Gasteiger partial charge < -0.3 is 5.32 Å². The first kappa shape index (κ1) is 15.9. The van der Waals surface area contributed by atoms with Gasteiger partial charge in [-0.3, -0.25) is 14.4 Å². The molecule has 0 radical (unpaired) electrons. The first-order valence-corrected chi connectivity index (χ1v) is 8.37. The summed E-state index contributed by atoms with van der Waals surface area (Å²) in [4.78, 5) is 14.2. The second kappa shape index (κ2) is 6.25. The zero-order valence-electron chi connectivity index (χ0n) is 12.7. The van der Waals surface area contributed by atoms with Gasteiger partial charge in [0, 0.05) is 12.7 Å². The summed E-state index contributed by atoms with van der Waals surface area (Å²) in [6, 6.07) is 7.65. The smallest absolute Gasteiger partial charge is 0.281 e. The Labute approximate surface area is 148 Å². The van der Waals surface area contributed by atoms with Crippen LogP contribution in [0.2, 0.25) is 0 Å². The molecule has 118 valence electrons. The molecular weight excluding hydrogens is 376 g/mol. The first-order chi connectivity index (χ1) is 11.0. The Bertz CT molecular complexity index is 827. The number of nitrogens with one attached hydrogen (secondary N) is 1. The fourth-order valence-electron chi connectivity index (χ4n) is 2.38. The predicted octanol–water partition coefficient (Wildman–Crippen LogP) is 3.24. The number of nitrogens with zero attached hydrogens (tertiary/aromatic N) is 3. The Morgan fingerprint density at radius 1 is 1.39 bits per heavy atom. The number of rotatable bonds is 3. The molecule has 7 heteroatoms. The maximum absolute atomic E-state index is 12.7. The molecule has 3 rings (SSSR count). The number of hydrogen-bond acceptors (Lipinski definition) is 3. The third-order valence-electron chi connectivity index (χ3n) is 3.58. The molecule has 0 bridgehead atoms. The van der Waals surface area contributed by atoms with Crippen molar-refractivity contribution in [1.29, 1.82) is 0 Å². The van der Waals surface area contributed by atoms with E-state index in [1.807, 2.05) is 44.3 Å². The Balaban J connectivity index is 1.96. The molecule has 1 amide bonds. The van der Waals surface area contributed by atoms with Gasteiger partial charge in [-0.1, -0.05) is 18.2 Å². The summed E-state index contributed by atoms with van der Waals surface area (Å²) >= 11 is 8.79. The Hall–Kier alpha value is -1.99. The number of benzene rings is 1. The molecule has 1 fully saturated rings. The van der Waals surface area contributed by atoms with Gasteiger partial charge in [-0.2, -0.15) is 5.10 Å². The normalized spacial score (nSPS) is 16.3. The van der Waals surface area contributed by atoms with Crippen LogP contribution in [0.5, 0.6) is 0 Å². The first-order valence-electron chi connectivity index (χ1n) is 7.17. The number of aromatic nitrogens is 2. The number of amides is 1. The highest BCUT2D eigenvalue weighted by atomic mass is 79.9. The van der Waals surface area contributed by atoms with E-state index >= 15 is 0 Å². The molecule has 5 nitrogen and oxygen atoms in total. The van der Waals surface area contributed by atoms with Crippen molar-refractivity contribution < 1.29 is 4.79 Å². The van der Waals surface area contributed by atoms with Crippen LogP contribution in [-0.2, 0) is 11.3 Å². The minimum atomic E-state index is -0.178. The van der Waals surface area contributed by atoms with Crippen LogP contribution in [-0.4, -0.2) is 20.8 Å². The molecule has 1 N–H and O–H groups in total. The third-order valence-corrected chi connectivity index (χ3v) is 4.48. The minimum Gasteiger partial charge on any atom is -0.327 e. The number of anilines is 1. The number of carbonyl (C=O) groups is 1. The zero-order chi connectivity index (χ0) is 16.6. The molecule has 1 saturated heterocycles. The van der Waals surface area contributed by atoms with Gasteiger partial charge in [0.05, 0.1) is 10.2 Å². The molecule has 0 aliphatic carbocycles. The van der Waals surface area contributed by atoms with E-state index in [0.29, 0.717) is 16.5 Å². The van der Waals surface area contributed by atoms with Crippen LogP contribution in [0.1, 0.15) is 18.2 Å².